The topological polar surface area (TPSA) is 22.1 Å². The van der Waals surface area contributed by atoms with Crippen molar-refractivity contribution >= 4 is 15.9 Å². The van der Waals surface area contributed by atoms with E-state index >= 15 is 0 Å². The Hall–Kier alpha value is -1.35. The Morgan fingerprint density at radius 3 is 2.67 bits per heavy atom. The largest absolute Gasteiger partial charge is 0.497 e. The summed E-state index contributed by atoms with van der Waals surface area (Å²) in [4.78, 5) is 4.63. The zero-order valence-corrected chi connectivity index (χ0v) is 12.1. The molecule has 0 radical (unpaired) electrons. The third kappa shape index (κ3) is 2.91. The minimum Gasteiger partial charge on any atom is -0.497 e. The third-order valence-electron chi connectivity index (χ3n) is 3.01. The van der Waals surface area contributed by atoms with Crippen molar-refractivity contribution < 1.29 is 4.74 Å². The quantitative estimate of drug-likeness (QED) is 0.784. The molecule has 0 spiro atoms. The summed E-state index contributed by atoms with van der Waals surface area (Å²) in [6.07, 6.45) is 1.83. The SMILES string of the molecule is COc1cccc(C(Br)C(C)c2ccccn2)c1. The minimum absolute atomic E-state index is 0.225. The molecule has 2 nitrogen and oxygen atoms in total. The minimum atomic E-state index is 0.225. The molecule has 1 aromatic heterocycles. The van der Waals surface area contributed by atoms with E-state index in [2.05, 4.69) is 46.0 Å². The fourth-order valence-electron chi connectivity index (χ4n) is 1.90. The van der Waals surface area contributed by atoms with Gasteiger partial charge in [0.05, 0.1) is 7.11 Å². The maximum absolute atomic E-state index is 5.25. The van der Waals surface area contributed by atoms with Crippen molar-refractivity contribution in [2.45, 2.75) is 17.7 Å². The van der Waals surface area contributed by atoms with Gasteiger partial charge < -0.3 is 4.74 Å². The van der Waals surface area contributed by atoms with Crippen LogP contribution in [0.2, 0.25) is 0 Å². The highest BCUT2D eigenvalue weighted by atomic mass is 79.9. The molecule has 18 heavy (non-hydrogen) atoms. The zero-order valence-electron chi connectivity index (χ0n) is 10.5. The number of halogens is 1. The average molecular weight is 306 g/mol. The number of benzene rings is 1. The van der Waals surface area contributed by atoms with Gasteiger partial charge >= 0.3 is 0 Å². The summed E-state index contributed by atoms with van der Waals surface area (Å²) in [5.74, 6) is 1.18. The molecule has 0 saturated carbocycles. The van der Waals surface area contributed by atoms with E-state index in [4.69, 9.17) is 4.74 Å². The molecule has 0 aliphatic carbocycles. The lowest BCUT2D eigenvalue weighted by Crippen LogP contribution is -2.04. The van der Waals surface area contributed by atoms with E-state index in [1.54, 1.807) is 7.11 Å². The van der Waals surface area contributed by atoms with Crippen LogP contribution >= 0.6 is 15.9 Å². The van der Waals surface area contributed by atoms with Crippen LogP contribution in [0.25, 0.3) is 0 Å². The van der Waals surface area contributed by atoms with Gasteiger partial charge in [-0.3, -0.25) is 4.98 Å². The van der Waals surface area contributed by atoms with Gasteiger partial charge in [-0.2, -0.15) is 0 Å². The Morgan fingerprint density at radius 2 is 2.00 bits per heavy atom. The summed E-state index contributed by atoms with van der Waals surface area (Å²) >= 11 is 3.76. The average Bonchev–Trinajstić information content (AvgIpc) is 2.46. The van der Waals surface area contributed by atoms with E-state index in [0.717, 1.165) is 11.4 Å². The molecule has 94 valence electrons. The number of nitrogens with zero attached hydrogens (tertiary/aromatic N) is 1. The first-order valence-electron chi connectivity index (χ1n) is 5.91. The fraction of sp³-hybridized carbons (Fsp3) is 0.267. The highest BCUT2D eigenvalue weighted by molar-refractivity contribution is 9.09. The van der Waals surface area contributed by atoms with Gasteiger partial charge in [0.1, 0.15) is 5.75 Å². The van der Waals surface area contributed by atoms with Crippen molar-refractivity contribution in [2.24, 2.45) is 0 Å². The van der Waals surface area contributed by atoms with Crippen LogP contribution in [0, 0.1) is 0 Å². The number of hydrogen-bond acceptors (Lipinski definition) is 2. The maximum Gasteiger partial charge on any atom is 0.119 e. The van der Waals surface area contributed by atoms with Gasteiger partial charge in [0.2, 0.25) is 0 Å². The van der Waals surface area contributed by atoms with Crippen molar-refractivity contribution in [3.8, 4) is 5.75 Å². The van der Waals surface area contributed by atoms with Crippen LogP contribution in [-0.4, -0.2) is 12.1 Å². The monoisotopic (exact) mass is 305 g/mol. The lowest BCUT2D eigenvalue weighted by Gasteiger charge is -2.18. The number of methoxy groups -OCH3 is 1. The Morgan fingerprint density at radius 1 is 1.17 bits per heavy atom. The summed E-state index contributed by atoms with van der Waals surface area (Å²) in [5.41, 5.74) is 2.29. The Labute approximate surface area is 116 Å². The summed E-state index contributed by atoms with van der Waals surface area (Å²) in [6.45, 7) is 2.17. The van der Waals surface area contributed by atoms with Gasteiger partial charge in [0.15, 0.2) is 0 Å². The molecule has 0 aliphatic heterocycles. The zero-order chi connectivity index (χ0) is 13.0. The molecule has 2 aromatic rings. The molecule has 0 bridgehead atoms. The van der Waals surface area contributed by atoms with Crippen LogP contribution < -0.4 is 4.74 Å². The van der Waals surface area contributed by atoms with E-state index < -0.39 is 0 Å². The fourth-order valence-corrected chi connectivity index (χ4v) is 2.45. The van der Waals surface area contributed by atoms with E-state index in [9.17, 15) is 0 Å². The van der Waals surface area contributed by atoms with Crippen LogP contribution in [0.5, 0.6) is 5.75 Å². The predicted octanol–water partition coefficient (Wildman–Crippen LogP) is 4.33. The summed E-state index contributed by atoms with van der Waals surface area (Å²) in [7, 11) is 1.69. The van der Waals surface area contributed by atoms with Crippen molar-refractivity contribution in [2.75, 3.05) is 7.11 Å². The van der Waals surface area contributed by atoms with Gasteiger partial charge in [-0.25, -0.2) is 0 Å². The van der Waals surface area contributed by atoms with E-state index in [1.807, 2.05) is 30.5 Å². The molecule has 3 heteroatoms. The molecule has 0 N–H and O–H groups in total. The molecule has 2 rings (SSSR count). The summed E-state index contributed by atoms with van der Waals surface area (Å²) in [6, 6.07) is 14.1. The smallest absolute Gasteiger partial charge is 0.119 e. The first-order valence-corrected chi connectivity index (χ1v) is 6.83. The molecular formula is C15H16BrNO. The molecular weight excluding hydrogens is 290 g/mol. The number of rotatable bonds is 4. The number of alkyl halides is 1. The molecule has 2 unspecified atom stereocenters. The lowest BCUT2D eigenvalue weighted by molar-refractivity contribution is 0.414. The van der Waals surface area contributed by atoms with Gasteiger partial charge in [-0.1, -0.05) is 41.1 Å². The molecule has 1 heterocycles. The summed E-state index contributed by atoms with van der Waals surface area (Å²) in [5, 5.41) is 0. The normalized spacial score (nSPS) is 13.9. The maximum atomic E-state index is 5.25. The van der Waals surface area contributed by atoms with Crippen LogP contribution in [0.3, 0.4) is 0 Å². The van der Waals surface area contributed by atoms with Gasteiger partial charge in [-0.15, -0.1) is 0 Å². The van der Waals surface area contributed by atoms with Crippen LogP contribution in [0.4, 0.5) is 0 Å². The molecule has 2 atom stereocenters. The molecule has 0 fully saturated rings. The van der Waals surface area contributed by atoms with Gasteiger partial charge in [0.25, 0.3) is 0 Å². The second-order valence-electron chi connectivity index (χ2n) is 4.22. The van der Waals surface area contributed by atoms with Gasteiger partial charge in [0, 0.05) is 22.6 Å². The molecule has 0 aliphatic rings. The molecule has 0 amide bonds. The van der Waals surface area contributed by atoms with Crippen molar-refractivity contribution in [3.63, 3.8) is 0 Å². The number of aromatic nitrogens is 1. The Kier molecular flexibility index (Phi) is 4.37. The predicted molar refractivity (Wildman–Crippen MR) is 77.3 cm³/mol. The lowest BCUT2D eigenvalue weighted by atomic mass is 9.97. The van der Waals surface area contributed by atoms with Gasteiger partial charge in [-0.05, 0) is 29.8 Å². The van der Waals surface area contributed by atoms with Crippen molar-refractivity contribution in [3.05, 3.63) is 59.9 Å². The number of ether oxygens (including phenoxy) is 1. The first-order chi connectivity index (χ1) is 8.72. The first kappa shape index (κ1) is 13.1. The standard InChI is InChI=1S/C15H16BrNO/c1-11(14-8-3-4-9-17-14)15(16)12-6-5-7-13(10-12)18-2/h3-11,15H,1-2H3. The number of hydrogen-bond donors (Lipinski definition) is 0. The summed E-state index contributed by atoms with van der Waals surface area (Å²) < 4.78 is 5.25. The van der Waals surface area contributed by atoms with Crippen LogP contribution in [-0.2, 0) is 0 Å². The highest BCUT2D eigenvalue weighted by Gasteiger charge is 2.19. The molecule has 1 aromatic carbocycles. The molecule has 0 saturated heterocycles. The number of pyridine rings is 1. The highest BCUT2D eigenvalue weighted by Crippen LogP contribution is 2.37. The van der Waals surface area contributed by atoms with Crippen LogP contribution in [0.1, 0.15) is 28.9 Å². The second-order valence-corrected chi connectivity index (χ2v) is 5.21. The van der Waals surface area contributed by atoms with Crippen molar-refractivity contribution in [1.82, 2.24) is 4.98 Å². The van der Waals surface area contributed by atoms with E-state index in [0.29, 0.717) is 5.92 Å². The Bertz CT molecular complexity index is 501. The van der Waals surface area contributed by atoms with Crippen molar-refractivity contribution in [1.29, 1.82) is 0 Å². The van der Waals surface area contributed by atoms with E-state index in [1.165, 1.54) is 5.56 Å². The third-order valence-corrected chi connectivity index (χ3v) is 4.33. The second kappa shape index (κ2) is 6.01. The van der Waals surface area contributed by atoms with Crippen LogP contribution in [0.15, 0.2) is 48.7 Å². The Balaban J connectivity index is 2.22. The van der Waals surface area contributed by atoms with E-state index in [-0.39, 0.29) is 4.83 Å².